The maximum Gasteiger partial charge on any atom is 0.297 e. The Kier molecular flexibility index (Phi) is 5.60. The van der Waals surface area contributed by atoms with E-state index in [0.717, 1.165) is 31.3 Å². The van der Waals surface area contributed by atoms with Crippen LogP contribution in [0, 0.1) is 0 Å². The predicted octanol–water partition coefficient (Wildman–Crippen LogP) is 3.73. The standard InChI is InChI=1S/C24H23N3O5/c28-21(26-18-9-2-4-11-20(18)31-14-16-7-5-6-12-30-16)13-27-15-25-22-17-8-1-3-10-19(17)32-23(22)24(27)29/h1-4,8-11,15-16H,5-7,12-14H2,(H,26,28). The average molecular weight is 433 g/mol. The second kappa shape index (κ2) is 8.84. The van der Waals surface area contributed by atoms with Crippen LogP contribution in [0.1, 0.15) is 19.3 Å². The molecule has 8 nitrogen and oxygen atoms in total. The molecule has 1 amide bonds. The van der Waals surface area contributed by atoms with Crippen LogP contribution in [0.4, 0.5) is 5.69 Å². The van der Waals surface area contributed by atoms with Gasteiger partial charge >= 0.3 is 0 Å². The molecule has 1 unspecified atom stereocenters. The highest BCUT2D eigenvalue weighted by Crippen LogP contribution is 2.26. The highest BCUT2D eigenvalue weighted by atomic mass is 16.5. The van der Waals surface area contributed by atoms with Gasteiger partial charge in [-0.15, -0.1) is 0 Å². The lowest BCUT2D eigenvalue weighted by atomic mass is 10.1. The molecule has 1 saturated heterocycles. The second-order valence-corrected chi connectivity index (χ2v) is 7.80. The smallest absolute Gasteiger partial charge is 0.297 e. The SMILES string of the molecule is O=C(Cn1cnc2c(oc3ccccc32)c1=O)Nc1ccccc1OCC1CCCCO1. The third-order valence-corrected chi connectivity index (χ3v) is 5.52. The van der Waals surface area contributed by atoms with Gasteiger partial charge in [-0.25, -0.2) is 4.98 Å². The summed E-state index contributed by atoms with van der Waals surface area (Å²) in [5.74, 6) is 0.197. The van der Waals surface area contributed by atoms with Gasteiger partial charge in [-0.1, -0.05) is 24.3 Å². The first-order valence-electron chi connectivity index (χ1n) is 10.7. The van der Waals surface area contributed by atoms with Gasteiger partial charge in [0, 0.05) is 12.0 Å². The molecule has 8 heteroatoms. The normalized spacial score (nSPS) is 16.3. The third-order valence-electron chi connectivity index (χ3n) is 5.52. The van der Waals surface area contributed by atoms with Crippen molar-refractivity contribution < 1.29 is 18.7 Å². The number of anilines is 1. The third kappa shape index (κ3) is 4.09. The van der Waals surface area contributed by atoms with Crippen molar-refractivity contribution in [3.8, 4) is 5.75 Å². The summed E-state index contributed by atoms with van der Waals surface area (Å²) in [7, 11) is 0. The summed E-state index contributed by atoms with van der Waals surface area (Å²) in [5.41, 5.74) is 1.35. The molecular weight excluding hydrogens is 410 g/mol. The van der Waals surface area contributed by atoms with Crippen molar-refractivity contribution in [3.05, 3.63) is 65.2 Å². The fourth-order valence-corrected chi connectivity index (χ4v) is 3.89. The number of amides is 1. The van der Waals surface area contributed by atoms with Gasteiger partial charge in [0.05, 0.1) is 18.1 Å². The Morgan fingerprint density at radius 2 is 2.00 bits per heavy atom. The van der Waals surface area contributed by atoms with Gasteiger partial charge in [0.15, 0.2) is 0 Å². The van der Waals surface area contributed by atoms with E-state index in [1.54, 1.807) is 18.2 Å². The average Bonchev–Trinajstić information content (AvgIpc) is 3.21. The summed E-state index contributed by atoms with van der Waals surface area (Å²) < 4.78 is 18.5. The Morgan fingerprint density at radius 1 is 1.16 bits per heavy atom. The monoisotopic (exact) mass is 433 g/mol. The summed E-state index contributed by atoms with van der Waals surface area (Å²) in [6, 6.07) is 14.5. The van der Waals surface area contributed by atoms with Crippen molar-refractivity contribution in [3.63, 3.8) is 0 Å². The molecule has 0 radical (unpaired) electrons. The Balaban J connectivity index is 1.31. The molecule has 0 aliphatic carbocycles. The Morgan fingerprint density at radius 3 is 2.88 bits per heavy atom. The number of carbonyl (C=O) groups is 1. The highest BCUT2D eigenvalue weighted by Gasteiger charge is 2.17. The summed E-state index contributed by atoms with van der Waals surface area (Å²) in [6.45, 7) is 0.989. The topological polar surface area (TPSA) is 95.6 Å². The fourth-order valence-electron chi connectivity index (χ4n) is 3.89. The Hall–Kier alpha value is -3.65. The van der Waals surface area contributed by atoms with Crippen molar-refractivity contribution in [2.75, 3.05) is 18.5 Å². The lowest BCUT2D eigenvalue weighted by Crippen LogP contribution is -2.28. The van der Waals surface area contributed by atoms with Gasteiger partial charge < -0.3 is 19.2 Å². The molecule has 32 heavy (non-hydrogen) atoms. The van der Waals surface area contributed by atoms with Gasteiger partial charge in [0.1, 0.15) is 30.0 Å². The molecule has 0 saturated carbocycles. The van der Waals surface area contributed by atoms with E-state index in [-0.39, 0.29) is 24.1 Å². The minimum Gasteiger partial charge on any atom is -0.489 e. The van der Waals surface area contributed by atoms with Crippen LogP contribution in [0.15, 0.2) is 64.1 Å². The molecule has 2 aromatic heterocycles. The first-order chi connectivity index (χ1) is 15.7. The number of benzene rings is 2. The number of hydrogen-bond donors (Lipinski definition) is 1. The molecule has 3 heterocycles. The summed E-state index contributed by atoms with van der Waals surface area (Å²) in [5, 5.41) is 3.59. The van der Waals surface area contributed by atoms with Gasteiger partial charge in [-0.2, -0.15) is 0 Å². The summed E-state index contributed by atoms with van der Waals surface area (Å²) in [6.07, 6.45) is 4.61. The molecule has 0 spiro atoms. The minimum absolute atomic E-state index is 0.0627. The lowest BCUT2D eigenvalue weighted by molar-refractivity contribution is -0.116. The van der Waals surface area contributed by atoms with Gasteiger partial charge in [0.25, 0.3) is 5.56 Å². The van der Waals surface area contributed by atoms with Crippen LogP contribution in [0.3, 0.4) is 0 Å². The first kappa shape index (κ1) is 20.3. The number of hydrogen-bond acceptors (Lipinski definition) is 6. The molecule has 1 fully saturated rings. The molecule has 164 valence electrons. The maximum absolute atomic E-state index is 12.8. The van der Waals surface area contributed by atoms with Gasteiger partial charge in [0.2, 0.25) is 11.5 Å². The molecule has 1 atom stereocenters. The number of para-hydroxylation sites is 3. The van der Waals surface area contributed by atoms with Crippen molar-refractivity contribution in [1.29, 1.82) is 0 Å². The van der Waals surface area contributed by atoms with Crippen molar-refractivity contribution >= 4 is 33.7 Å². The summed E-state index contributed by atoms with van der Waals surface area (Å²) in [4.78, 5) is 29.9. The van der Waals surface area contributed by atoms with Crippen LogP contribution in [-0.2, 0) is 16.1 Å². The van der Waals surface area contributed by atoms with Crippen molar-refractivity contribution in [2.24, 2.45) is 0 Å². The summed E-state index contributed by atoms with van der Waals surface area (Å²) >= 11 is 0. The predicted molar refractivity (Wildman–Crippen MR) is 120 cm³/mol. The van der Waals surface area contributed by atoms with Crippen LogP contribution < -0.4 is 15.6 Å². The highest BCUT2D eigenvalue weighted by molar-refractivity contribution is 6.01. The van der Waals surface area contributed by atoms with E-state index < -0.39 is 5.56 Å². The lowest BCUT2D eigenvalue weighted by Gasteiger charge is -2.23. The Bertz CT molecular complexity index is 1320. The number of carbonyl (C=O) groups excluding carboxylic acids is 1. The van der Waals surface area contributed by atoms with E-state index >= 15 is 0 Å². The number of ether oxygens (including phenoxy) is 2. The molecule has 1 N–H and O–H groups in total. The van der Waals surface area contributed by atoms with E-state index in [9.17, 15) is 9.59 Å². The maximum atomic E-state index is 12.8. The van der Waals surface area contributed by atoms with Crippen LogP contribution in [0.5, 0.6) is 5.75 Å². The van der Waals surface area contributed by atoms with E-state index in [1.165, 1.54) is 10.9 Å². The molecule has 4 aromatic rings. The van der Waals surface area contributed by atoms with Crippen LogP contribution in [0.25, 0.3) is 22.1 Å². The van der Waals surface area contributed by atoms with E-state index in [1.807, 2.05) is 30.3 Å². The fraction of sp³-hybridized carbons (Fsp3) is 0.292. The first-order valence-corrected chi connectivity index (χ1v) is 10.7. The molecule has 2 aromatic carbocycles. The molecular formula is C24H23N3O5. The zero-order valence-electron chi connectivity index (χ0n) is 17.5. The molecule has 0 bridgehead atoms. The van der Waals surface area contributed by atoms with Crippen LogP contribution in [0.2, 0.25) is 0 Å². The number of furan rings is 1. The number of fused-ring (bicyclic) bond motifs is 3. The molecule has 5 rings (SSSR count). The van der Waals surface area contributed by atoms with E-state index in [4.69, 9.17) is 13.9 Å². The zero-order chi connectivity index (χ0) is 21.9. The molecule has 1 aliphatic rings. The van der Waals surface area contributed by atoms with Gasteiger partial charge in [-0.05, 0) is 43.5 Å². The number of rotatable bonds is 6. The number of nitrogens with zero attached hydrogens (tertiary/aromatic N) is 2. The number of nitrogens with one attached hydrogen (secondary N) is 1. The largest absolute Gasteiger partial charge is 0.489 e. The van der Waals surface area contributed by atoms with Crippen LogP contribution >= 0.6 is 0 Å². The number of aromatic nitrogens is 2. The quantitative estimate of drug-likeness (QED) is 0.498. The van der Waals surface area contributed by atoms with E-state index in [2.05, 4.69) is 10.3 Å². The van der Waals surface area contributed by atoms with E-state index in [0.29, 0.717) is 29.1 Å². The Labute approximate surface area is 183 Å². The second-order valence-electron chi connectivity index (χ2n) is 7.80. The van der Waals surface area contributed by atoms with Crippen molar-refractivity contribution in [2.45, 2.75) is 31.9 Å². The minimum atomic E-state index is -0.402. The van der Waals surface area contributed by atoms with Crippen LogP contribution in [-0.4, -0.2) is 34.8 Å². The molecule has 1 aliphatic heterocycles. The zero-order valence-corrected chi connectivity index (χ0v) is 17.5. The van der Waals surface area contributed by atoms with Crippen molar-refractivity contribution in [1.82, 2.24) is 9.55 Å². The van der Waals surface area contributed by atoms with Gasteiger partial charge in [-0.3, -0.25) is 14.2 Å².